The third-order valence-corrected chi connectivity index (χ3v) is 4.71. The molecule has 0 spiro atoms. The third kappa shape index (κ3) is 3.28. The van der Waals surface area contributed by atoms with E-state index in [0.29, 0.717) is 4.47 Å². The van der Waals surface area contributed by atoms with Crippen LogP contribution in [0.15, 0.2) is 33.2 Å². The highest BCUT2D eigenvalue weighted by atomic mass is 79.9. The van der Waals surface area contributed by atoms with Crippen molar-refractivity contribution < 1.29 is 13.2 Å². The van der Waals surface area contributed by atoms with E-state index >= 15 is 0 Å². The fourth-order valence-corrected chi connectivity index (χ4v) is 2.93. The van der Waals surface area contributed by atoms with E-state index in [1.807, 2.05) is 0 Å². The molecule has 1 atom stereocenters. The lowest BCUT2D eigenvalue weighted by molar-refractivity contribution is 0.507. The van der Waals surface area contributed by atoms with Gasteiger partial charge in [-0.25, -0.2) is 13.2 Å². The molecule has 0 radical (unpaired) electrons. The van der Waals surface area contributed by atoms with E-state index in [4.69, 9.17) is 11.6 Å². The molecule has 0 aliphatic rings. The summed E-state index contributed by atoms with van der Waals surface area (Å²) in [4.78, 5) is 0. The van der Waals surface area contributed by atoms with Gasteiger partial charge in [-0.15, -0.1) is 0 Å². The van der Waals surface area contributed by atoms with E-state index < -0.39 is 23.5 Å². The molecule has 1 unspecified atom stereocenters. The first-order chi connectivity index (χ1) is 9.86. The van der Waals surface area contributed by atoms with E-state index in [1.165, 1.54) is 19.2 Å². The minimum Gasteiger partial charge on any atom is -0.309 e. The summed E-state index contributed by atoms with van der Waals surface area (Å²) >= 11 is 11.9. The highest BCUT2D eigenvalue weighted by molar-refractivity contribution is 9.10. The first kappa shape index (κ1) is 16.8. The first-order valence-corrected chi connectivity index (χ1v) is 7.78. The van der Waals surface area contributed by atoms with Crippen molar-refractivity contribution in [1.29, 1.82) is 0 Å². The smallest absolute Gasteiger partial charge is 0.148 e. The molecule has 0 saturated heterocycles. The monoisotopic (exact) mass is 441 g/mol. The summed E-state index contributed by atoms with van der Waals surface area (Å²) in [5.41, 5.74) is -0.205. The van der Waals surface area contributed by atoms with Gasteiger partial charge in [0.2, 0.25) is 0 Å². The van der Waals surface area contributed by atoms with Crippen molar-refractivity contribution in [3.05, 3.63) is 66.8 Å². The molecule has 0 aliphatic carbocycles. The Labute approximate surface area is 141 Å². The molecule has 0 fully saturated rings. The van der Waals surface area contributed by atoms with Crippen molar-refractivity contribution in [2.24, 2.45) is 0 Å². The van der Waals surface area contributed by atoms with Gasteiger partial charge in [-0.05, 0) is 41.2 Å². The van der Waals surface area contributed by atoms with Gasteiger partial charge in [0.15, 0.2) is 0 Å². The number of rotatable bonds is 3. The van der Waals surface area contributed by atoms with E-state index in [9.17, 15) is 13.2 Å². The molecule has 0 heterocycles. The number of halogens is 6. The Morgan fingerprint density at radius 2 is 1.67 bits per heavy atom. The SMILES string of the molecule is CNC(c1ccc(Br)c(Cl)c1F)c1c(F)cc(Br)cc1F. The summed E-state index contributed by atoms with van der Waals surface area (Å²) in [5, 5.41) is 2.58. The van der Waals surface area contributed by atoms with Crippen LogP contribution in [0.2, 0.25) is 5.02 Å². The van der Waals surface area contributed by atoms with Crippen LogP contribution in [0.25, 0.3) is 0 Å². The van der Waals surface area contributed by atoms with E-state index in [1.54, 1.807) is 0 Å². The average Bonchev–Trinajstić information content (AvgIpc) is 2.41. The molecule has 112 valence electrons. The largest absolute Gasteiger partial charge is 0.309 e. The van der Waals surface area contributed by atoms with Crippen molar-refractivity contribution in [3.63, 3.8) is 0 Å². The average molecular weight is 443 g/mol. The quantitative estimate of drug-likeness (QED) is 0.610. The van der Waals surface area contributed by atoms with Gasteiger partial charge >= 0.3 is 0 Å². The van der Waals surface area contributed by atoms with E-state index in [0.717, 1.165) is 12.1 Å². The van der Waals surface area contributed by atoms with Crippen LogP contribution in [0.1, 0.15) is 17.2 Å². The maximum absolute atomic E-state index is 14.3. The van der Waals surface area contributed by atoms with Gasteiger partial charge in [-0.1, -0.05) is 33.6 Å². The molecule has 0 saturated carbocycles. The van der Waals surface area contributed by atoms with Gasteiger partial charge in [0.05, 0.1) is 11.1 Å². The third-order valence-electron chi connectivity index (χ3n) is 3.00. The Balaban J connectivity index is 2.64. The molecule has 2 aromatic carbocycles. The highest BCUT2D eigenvalue weighted by Crippen LogP contribution is 2.35. The Kier molecular flexibility index (Phi) is 5.35. The van der Waals surface area contributed by atoms with E-state index in [-0.39, 0.29) is 20.6 Å². The van der Waals surface area contributed by atoms with Crippen LogP contribution in [-0.4, -0.2) is 7.05 Å². The highest BCUT2D eigenvalue weighted by Gasteiger charge is 2.25. The van der Waals surface area contributed by atoms with Crippen molar-refractivity contribution in [3.8, 4) is 0 Å². The van der Waals surface area contributed by atoms with Crippen LogP contribution in [-0.2, 0) is 0 Å². The first-order valence-electron chi connectivity index (χ1n) is 5.82. The van der Waals surface area contributed by atoms with Gasteiger partial charge in [0.1, 0.15) is 17.5 Å². The topological polar surface area (TPSA) is 12.0 Å². The summed E-state index contributed by atoms with van der Waals surface area (Å²) in [5.74, 6) is -2.29. The lowest BCUT2D eigenvalue weighted by Crippen LogP contribution is -2.22. The Morgan fingerprint density at radius 1 is 1.10 bits per heavy atom. The zero-order chi connectivity index (χ0) is 15.7. The van der Waals surface area contributed by atoms with Crippen molar-refractivity contribution in [2.45, 2.75) is 6.04 Å². The molecular weight excluding hydrogens is 434 g/mol. The predicted molar refractivity (Wildman–Crippen MR) is 84.1 cm³/mol. The Morgan fingerprint density at radius 3 is 2.19 bits per heavy atom. The maximum Gasteiger partial charge on any atom is 0.148 e. The minimum atomic E-state index is -0.997. The number of hydrogen-bond donors (Lipinski definition) is 1. The molecule has 1 N–H and O–H groups in total. The molecule has 0 aromatic heterocycles. The van der Waals surface area contributed by atoms with E-state index in [2.05, 4.69) is 37.2 Å². The summed E-state index contributed by atoms with van der Waals surface area (Å²) in [6.07, 6.45) is 0. The maximum atomic E-state index is 14.3. The zero-order valence-electron chi connectivity index (χ0n) is 10.7. The van der Waals surface area contributed by atoms with Crippen molar-refractivity contribution in [2.75, 3.05) is 7.05 Å². The summed E-state index contributed by atoms with van der Waals surface area (Å²) in [6.45, 7) is 0. The normalized spacial score (nSPS) is 12.5. The van der Waals surface area contributed by atoms with Crippen LogP contribution in [0.5, 0.6) is 0 Å². The molecular formula is C14H9Br2ClF3N. The van der Waals surface area contributed by atoms with Crippen LogP contribution in [0.3, 0.4) is 0 Å². The standard InChI is InChI=1S/C14H9Br2ClF3N/c1-21-14(7-2-3-8(16)12(17)13(7)20)11-9(18)4-6(15)5-10(11)19/h2-5,14,21H,1H3. The fraction of sp³-hybridized carbons (Fsp3) is 0.143. The number of nitrogens with one attached hydrogen (secondary N) is 1. The Hall–Kier alpha value is -0.560. The lowest BCUT2D eigenvalue weighted by Gasteiger charge is -2.20. The molecule has 0 amide bonds. The Bertz CT molecular complexity index is 671. The minimum absolute atomic E-state index is 0.0609. The fourth-order valence-electron chi connectivity index (χ4n) is 2.05. The second-order valence-corrected chi connectivity index (χ2v) is 6.42. The summed E-state index contributed by atoms with van der Waals surface area (Å²) in [7, 11) is 1.49. The van der Waals surface area contributed by atoms with Gasteiger partial charge in [0.25, 0.3) is 0 Å². The van der Waals surface area contributed by atoms with Crippen LogP contribution >= 0.6 is 43.5 Å². The number of benzene rings is 2. The zero-order valence-corrected chi connectivity index (χ0v) is 14.6. The van der Waals surface area contributed by atoms with Gasteiger partial charge in [0, 0.05) is 20.1 Å². The summed E-state index contributed by atoms with van der Waals surface area (Å²) < 4.78 is 43.1. The molecule has 0 bridgehead atoms. The molecule has 2 aromatic rings. The molecule has 7 heteroatoms. The predicted octanol–water partition coefficient (Wildman–Crippen LogP) is 5.59. The van der Waals surface area contributed by atoms with Gasteiger partial charge in [-0.2, -0.15) is 0 Å². The number of hydrogen-bond acceptors (Lipinski definition) is 1. The molecule has 1 nitrogen and oxygen atoms in total. The summed E-state index contributed by atoms with van der Waals surface area (Å²) in [6, 6.07) is 4.21. The van der Waals surface area contributed by atoms with Gasteiger partial charge < -0.3 is 5.32 Å². The van der Waals surface area contributed by atoms with Crippen LogP contribution in [0, 0.1) is 17.5 Å². The molecule has 0 aliphatic heterocycles. The van der Waals surface area contributed by atoms with Crippen molar-refractivity contribution in [1.82, 2.24) is 5.32 Å². The van der Waals surface area contributed by atoms with Crippen LogP contribution < -0.4 is 5.32 Å². The van der Waals surface area contributed by atoms with Crippen molar-refractivity contribution >= 4 is 43.5 Å². The lowest BCUT2D eigenvalue weighted by atomic mass is 9.97. The second kappa shape index (κ2) is 6.69. The van der Waals surface area contributed by atoms with Gasteiger partial charge in [-0.3, -0.25) is 0 Å². The molecule has 2 rings (SSSR count). The second-order valence-electron chi connectivity index (χ2n) is 4.27. The van der Waals surface area contributed by atoms with Crippen LogP contribution in [0.4, 0.5) is 13.2 Å². The molecule has 21 heavy (non-hydrogen) atoms.